The summed E-state index contributed by atoms with van der Waals surface area (Å²) >= 11 is 5.32. The van der Waals surface area contributed by atoms with Crippen LogP contribution in [0.5, 0.6) is 0 Å². The van der Waals surface area contributed by atoms with Gasteiger partial charge in [0.15, 0.2) is 0 Å². The molecule has 0 N–H and O–H groups in total. The van der Waals surface area contributed by atoms with Gasteiger partial charge in [0.25, 0.3) is 0 Å². The molecule has 2 spiro atoms. The first kappa shape index (κ1) is 24.4. The molecule has 190 valence electrons. The second kappa shape index (κ2) is 8.97. The minimum atomic E-state index is -0.218. The van der Waals surface area contributed by atoms with Crippen molar-refractivity contribution < 1.29 is 0 Å². The van der Waals surface area contributed by atoms with Gasteiger partial charge in [-0.25, -0.2) is 10.5 Å². The van der Waals surface area contributed by atoms with Crippen molar-refractivity contribution in [2.75, 3.05) is 0 Å². The number of fused-ring (bicyclic) bond motifs is 10. The van der Waals surface area contributed by atoms with E-state index in [1.54, 1.807) is 11.3 Å². The molecule has 0 amide bonds. The Kier molecular flexibility index (Phi) is 5.62. The van der Waals surface area contributed by atoms with Crippen LogP contribution in [-0.2, 0) is 10.8 Å². The fourth-order valence-corrected chi connectivity index (χ4v) is 11.8. The van der Waals surface area contributed by atoms with E-state index in [9.17, 15) is 10.5 Å². The number of thiophene rings is 3. The van der Waals surface area contributed by atoms with Crippen LogP contribution in [0.3, 0.4) is 0 Å². The van der Waals surface area contributed by atoms with Gasteiger partial charge in [0.1, 0.15) is 17.8 Å². The number of nitriles is 2. The Morgan fingerprint density at radius 3 is 2.03 bits per heavy atom. The van der Waals surface area contributed by atoms with Crippen LogP contribution in [0.2, 0.25) is 0 Å². The first-order valence-corrected chi connectivity index (χ1v) is 15.7. The maximum atomic E-state index is 9.51. The van der Waals surface area contributed by atoms with Gasteiger partial charge in [-0.15, -0.1) is 27.7 Å². The lowest BCUT2D eigenvalue weighted by Crippen LogP contribution is -2.35. The lowest BCUT2D eigenvalue weighted by molar-refractivity contribution is 0.321. The van der Waals surface area contributed by atoms with Gasteiger partial charge < -0.3 is 9.69 Å². The third kappa shape index (κ3) is 3.31. The summed E-state index contributed by atoms with van der Waals surface area (Å²) in [5, 5.41) is 19.5. The zero-order chi connectivity index (χ0) is 26.8. The molecule has 0 radical (unpaired) electrons. The predicted molar refractivity (Wildman–Crippen MR) is 159 cm³/mol. The van der Waals surface area contributed by atoms with Gasteiger partial charge in [-0.1, -0.05) is 68.0 Å². The van der Waals surface area contributed by atoms with Crippen molar-refractivity contribution in [1.29, 1.82) is 10.5 Å². The first-order chi connectivity index (χ1) is 19.1. The summed E-state index contributed by atoms with van der Waals surface area (Å²) < 4.78 is 2.45. The molecule has 2 fully saturated rings. The molecule has 39 heavy (non-hydrogen) atoms. The van der Waals surface area contributed by atoms with E-state index < -0.39 is 0 Å². The molecule has 9 heteroatoms. The van der Waals surface area contributed by atoms with E-state index in [1.807, 2.05) is 40.9 Å². The van der Waals surface area contributed by atoms with Gasteiger partial charge in [-0.2, -0.15) is 0 Å². The lowest BCUT2D eigenvalue weighted by atomic mass is 9.62. The molecule has 6 nitrogen and oxygen atoms in total. The molecule has 3 aromatic heterocycles. The Bertz CT molecular complexity index is 1790. The number of hydrogen-bond acceptors (Lipinski definition) is 7. The maximum absolute atomic E-state index is 9.51. The molecule has 0 aromatic carbocycles. The zero-order valence-corrected chi connectivity index (χ0v) is 23.6. The monoisotopic (exact) mass is 562 g/mol. The minimum Gasteiger partial charge on any atom is -0.351 e. The average Bonchev–Trinajstić information content (AvgIpc) is 3.73. The van der Waals surface area contributed by atoms with E-state index in [0.29, 0.717) is 0 Å². The highest BCUT2D eigenvalue weighted by Gasteiger charge is 2.56. The van der Waals surface area contributed by atoms with Crippen LogP contribution in [0, 0.1) is 35.8 Å². The van der Waals surface area contributed by atoms with Crippen molar-refractivity contribution in [3.05, 3.63) is 56.2 Å². The summed E-state index contributed by atoms with van der Waals surface area (Å²) in [5.41, 5.74) is 5.04. The molecular formula is C30H22N6S3. The molecule has 0 unspecified atom stereocenters. The fraction of sp³-hybridized carbons (Fsp3) is 0.400. The molecule has 3 heterocycles. The largest absolute Gasteiger partial charge is 0.351 e. The van der Waals surface area contributed by atoms with Crippen LogP contribution in [0.1, 0.15) is 85.8 Å². The molecule has 3 aromatic rings. The summed E-state index contributed by atoms with van der Waals surface area (Å²) in [4.78, 5) is 19.7. The lowest BCUT2D eigenvalue weighted by Gasteiger charge is -2.40. The molecule has 2 saturated carbocycles. The van der Waals surface area contributed by atoms with Gasteiger partial charge in [-0.05, 0) is 36.8 Å². The molecule has 0 saturated heterocycles. The van der Waals surface area contributed by atoms with Crippen LogP contribution in [-0.4, -0.2) is 11.7 Å². The summed E-state index contributed by atoms with van der Waals surface area (Å²) in [6.07, 6.45) is 13.5. The van der Waals surface area contributed by atoms with Crippen LogP contribution >= 0.6 is 34.0 Å². The van der Waals surface area contributed by atoms with Gasteiger partial charge in [0, 0.05) is 32.9 Å². The van der Waals surface area contributed by atoms with Gasteiger partial charge >= 0.3 is 11.7 Å². The van der Waals surface area contributed by atoms with Crippen molar-refractivity contribution in [3.63, 3.8) is 0 Å². The van der Waals surface area contributed by atoms with E-state index >= 15 is 0 Å². The number of aliphatic imine (C=N–C) groups is 2. The Morgan fingerprint density at radius 2 is 1.38 bits per heavy atom. The normalized spacial score (nSPS) is 20.6. The first-order valence-electron chi connectivity index (χ1n) is 13.3. The molecule has 4 aliphatic carbocycles. The van der Waals surface area contributed by atoms with E-state index in [2.05, 4.69) is 25.8 Å². The van der Waals surface area contributed by atoms with Crippen molar-refractivity contribution >= 4 is 66.2 Å². The minimum absolute atomic E-state index is 0.0513. The van der Waals surface area contributed by atoms with Crippen LogP contribution in [0.25, 0.3) is 34.9 Å². The number of hydrogen-bond donors (Lipinski definition) is 0. The van der Waals surface area contributed by atoms with Gasteiger partial charge in [0.05, 0.1) is 19.7 Å². The van der Waals surface area contributed by atoms with E-state index in [-0.39, 0.29) is 22.5 Å². The highest BCUT2D eigenvalue weighted by Crippen LogP contribution is 2.69. The molecule has 0 atom stereocenters. The summed E-state index contributed by atoms with van der Waals surface area (Å²) in [5.74, 6) is -0.201. The zero-order valence-electron chi connectivity index (χ0n) is 21.1. The second-order valence-electron chi connectivity index (χ2n) is 10.8. The second-order valence-corrected chi connectivity index (χ2v) is 13.9. The van der Waals surface area contributed by atoms with Gasteiger partial charge in [-0.3, -0.25) is 0 Å². The highest BCUT2D eigenvalue weighted by atomic mass is 32.1. The molecule has 7 rings (SSSR count). The Hall–Kier alpha value is -3.60. The highest BCUT2D eigenvalue weighted by molar-refractivity contribution is 7.33. The van der Waals surface area contributed by atoms with Crippen LogP contribution in [0.15, 0.2) is 21.7 Å². The number of nitrogens with zero attached hydrogens (tertiary/aromatic N) is 6. The SMILES string of the molecule is [C-]#[N+]C(C#N)=NC1=Cc2sc3c(c2C12CCCCC2)C1(CCCCC1)c1c-3sc2cc(N=C(C#N)[N+]#[C-])sc12. The topological polar surface area (TPSA) is 81.0 Å². The molecular weight excluding hydrogens is 541 g/mol. The third-order valence-electron chi connectivity index (χ3n) is 8.96. The van der Waals surface area contributed by atoms with Crippen LogP contribution in [0.4, 0.5) is 5.00 Å². The molecule has 0 aliphatic heterocycles. The van der Waals surface area contributed by atoms with Crippen molar-refractivity contribution in [3.8, 4) is 21.9 Å². The van der Waals surface area contributed by atoms with Crippen molar-refractivity contribution in [1.82, 2.24) is 0 Å². The third-order valence-corrected chi connectivity index (χ3v) is 12.6. The Balaban J connectivity index is 1.47. The van der Waals surface area contributed by atoms with Crippen molar-refractivity contribution in [2.45, 2.75) is 75.0 Å². The average molecular weight is 563 g/mol. The molecule has 0 bridgehead atoms. The summed E-state index contributed by atoms with van der Waals surface area (Å²) in [6.45, 7) is 14.7. The van der Waals surface area contributed by atoms with Crippen molar-refractivity contribution in [2.24, 2.45) is 9.98 Å². The Labute approximate surface area is 238 Å². The van der Waals surface area contributed by atoms with Gasteiger partial charge in [0.2, 0.25) is 5.00 Å². The fourth-order valence-electron chi connectivity index (χ4n) is 7.51. The van der Waals surface area contributed by atoms with E-state index in [4.69, 9.17) is 13.1 Å². The quantitative estimate of drug-likeness (QED) is 0.177. The summed E-state index contributed by atoms with van der Waals surface area (Å²) in [6, 6.07) is 5.94. The number of allylic oxidation sites excluding steroid dienone is 1. The van der Waals surface area contributed by atoms with Crippen LogP contribution < -0.4 is 0 Å². The molecule has 4 aliphatic rings. The number of rotatable bonds is 2. The summed E-state index contributed by atoms with van der Waals surface area (Å²) in [7, 11) is 0. The Morgan fingerprint density at radius 1 is 0.769 bits per heavy atom. The smallest absolute Gasteiger partial charge is 0.350 e. The number of amidine groups is 2. The standard InChI is InChI=1S/C30H22N6S3/c1-33-20(15-31)35-19-13-17-23(29(19)9-5-3-6-10-29)24-27(37-17)28-25(30(24)11-7-4-8-12-30)26-18(38-28)14-22(39-26)36-21(16-32)34-2/h13-14H,3-12H2. The maximum Gasteiger partial charge on any atom is 0.350 e. The van der Waals surface area contributed by atoms with E-state index in [1.165, 1.54) is 66.4 Å². The predicted octanol–water partition coefficient (Wildman–Crippen LogP) is 9.13. The van der Waals surface area contributed by atoms with E-state index in [0.717, 1.165) is 49.2 Å².